The average Bonchev–Trinajstić information content (AvgIpc) is 2.91. The van der Waals surface area contributed by atoms with Crippen molar-refractivity contribution in [2.75, 3.05) is 6.54 Å². The van der Waals surface area contributed by atoms with E-state index in [0.29, 0.717) is 16.3 Å². The third-order valence-electron chi connectivity index (χ3n) is 2.66. The maximum absolute atomic E-state index is 11.8. The minimum absolute atomic E-state index is 0.185. The first-order chi connectivity index (χ1) is 10.5. The van der Waals surface area contributed by atoms with E-state index in [9.17, 15) is 9.59 Å². The minimum atomic E-state index is -0.443. The van der Waals surface area contributed by atoms with Crippen molar-refractivity contribution in [2.45, 2.75) is 6.92 Å². The van der Waals surface area contributed by atoms with E-state index in [0.717, 1.165) is 5.76 Å². The molecule has 2 rings (SSSR count). The van der Waals surface area contributed by atoms with Crippen LogP contribution in [0.4, 0.5) is 0 Å². The first-order valence-electron chi connectivity index (χ1n) is 6.47. The van der Waals surface area contributed by atoms with Gasteiger partial charge in [0.15, 0.2) is 0 Å². The lowest BCUT2D eigenvalue weighted by Gasteiger charge is -2.04. The lowest BCUT2D eigenvalue weighted by Crippen LogP contribution is -2.34. The number of benzene rings is 1. The van der Waals surface area contributed by atoms with Crippen LogP contribution < -0.4 is 10.7 Å². The van der Waals surface area contributed by atoms with Gasteiger partial charge < -0.3 is 9.73 Å². The van der Waals surface area contributed by atoms with Gasteiger partial charge in [0.05, 0.1) is 12.8 Å². The molecule has 0 aliphatic rings. The highest BCUT2D eigenvalue weighted by Crippen LogP contribution is 2.09. The Labute approximate surface area is 132 Å². The van der Waals surface area contributed by atoms with Crippen molar-refractivity contribution in [3.63, 3.8) is 0 Å². The van der Waals surface area contributed by atoms with Gasteiger partial charge in [-0.2, -0.15) is 5.10 Å². The normalized spacial score (nSPS) is 10.6. The zero-order valence-electron chi connectivity index (χ0n) is 11.8. The number of carbonyl (C=O) groups excluding carboxylic acids is 2. The second kappa shape index (κ2) is 7.42. The summed E-state index contributed by atoms with van der Waals surface area (Å²) in [5.41, 5.74) is 2.71. The molecular weight excluding hydrogens is 306 g/mol. The number of aryl methyl sites for hydroxylation is 1. The first kappa shape index (κ1) is 15.8. The molecule has 0 atom stereocenters. The van der Waals surface area contributed by atoms with Crippen LogP contribution in [0.5, 0.6) is 0 Å². The summed E-state index contributed by atoms with van der Waals surface area (Å²) in [6.07, 6.45) is 1.38. The number of halogens is 1. The summed E-state index contributed by atoms with van der Waals surface area (Å²) in [6, 6.07) is 9.88. The molecule has 2 amide bonds. The molecule has 0 fully saturated rings. The Morgan fingerprint density at radius 3 is 2.59 bits per heavy atom. The smallest absolute Gasteiger partial charge is 0.259 e. The summed E-state index contributed by atoms with van der Waals surface area (Å²) >= 11 is 5.73. The van der Waals surface area contributed by atoms with Gasteiger partial charge in [-0.15, -0.1) is 0 Å². The van der Waals surface area contributed by atoms with E-state index in [4.69, 9.17) is 16.0 Å². The van der Waals surface area contributed by atoms with Crippen LogP contribution in [0.25, 0.3) is 0 Å². The maximum Gasteiger partial charge on any atom is 0.259 e. The van der Waals surface area contributed by atoms with Crippen molar-refractivity contribution in [1.82, 2.24) is 10.7 Å². The van der Waals surface area contributed by atoms with Crippen LogP contribution in [0.15, 0.2) is 45.9 Å². The summed E-state index contributed by atoms with van der Waals surface area (Å²) < 4.78 is 5.25. The van der Waals surface area contributed by atoms with E-state index in [1.807, 2.05) is 6.92 Å². The number of hydrazone groups is 1. The van der Waals surface area contributed by atoms with Crippen molar-refractivity contribution >= 4 is 29.6 Å². The molecule has 0 aliphatic carbocycles. The molecule has 0 saturated heterocycles. The third kappa shape index (κ3) is 4.75. The molecule has 0 unspecified atom stereocenters. The van der Waals surface area contributed by atoms with Gasteiger partial charge in [-0.05, 0) is 43.3 Å². The number of nitrogens with one attached hydrogen (secondary N) is 2. The van der Waals surface area contributed by atoms with Crippen LogP contribution in [-0.2, 0) is 4.79 Å². The van der Waals surface area contributed by atoms with Crippen molar-refractivity contribution in [3.8, 4) is 0 Å². The van der Waals surface area contributed by atoms with Gasteiger partial charge in [0, 0.05) is 10.6 Å². The Kier molecular flexibility index (Phi) is 5.32. The standard InChI is InChI=1S/C15H14ClN3O3/c1-10-2-7-13(22-10)8-18-19-14(20)9-17-15(21)11-3-5-12(16)6-4-11/h2-8H,9H2,1H3,(H,17,21)(H,19,20). The molecule has 7 heteroatoms. The van der Waals surface area contributed by atoms with Gasteiger partial charge in [-0.1, -0.05) is 11.6 Å². The van der Waals surface area contributed by atoms with Gasteiger partial charge >= 0.3 is 0 Å². The van der Waals surface area contributed by atoms with E-state index >= 15 is 0 Å². The van der Waals surface area contributed by atoms with E-state index in [-0.39, 0.29) is 12.5 Å². The van der Waals surface area contributed by atoms with Crippen molar-refractivity contribution in [2.24, 2.45) is 5.10 Å². The molecule has 0 radical (unpaired) electrons. The van der Waals surface area contributed by atoms with Crippen LogP contribution in [0.1, 0.15) is 21.9 Å². The van der Waals surface area contributed by atoms with Gasteiger partial charge in [-0.25, -0.2) is 5.43 Å². The number of furan rings is 1. The molecular formula is C15H14ClN3O3. The Morgan fingerprint density at radius 2 is 1.95 bits per heavy atom. The molecule has 0 saturated carbocycles. The predicted octanol–water partition coefficient (Wildman–Crippen LogP) is 2.12. The van der Waals surface area contributed by atoms with Gasteiger partial charge in [0.2, 0.25) is 0 Å². The van der Waals surface area contributed by atoms with Crippen LogP contribution in [-0.4, -0.2) is 24.6 Å². The minimum Gasteiger partial charge on any atom is -0.460 e. The molecule has 2 aromatic rings. The third-order valence-corrected chi connectivity index (χ3v) is 2.91. The first-order valence-corrected chi connectivity index (χ1v) is 6.84. The molecule has 0 aliphatic heterocycles. The highest BCUT2D eigenvalue weighted by atomic mass is 35.5. The number of hydrogen-bond acceptors (Lipinski definition) is 4. The molecule has 1 aromatic carbocycles. The second-order valence-electron chi connectivity index (χ2n) is 4.43. The lowest BCUT2D eigenvalue weighted by molar-refractivity contribution is -0.120. The Bertz CT molecular complexity index is 692. The topological polar surface area (TPSA) is 83.7 Å². The van der Waals surface area contributed by atoms with Crippen LogP contribution in [0.3, 0.4) is 0 Å². The zero-order chi connectivity index (χ0) is 15.9. The number of rotatable bonds is 5. The molecule has 1 heterocycles. The van der Waals surface area contributed by atoms with Gasteiger partial charge in [0.1, 0.15) is 11.5 Å². The molecule has 6 nitrogen and oxygen atoms in total. The average molecular weight is 320 g/mol. The quantitative estimate of drug-likeness (QED) is 0.654. The summed E-state index contributed by atoms with van der Waals surface area (Å²) in [7, 11) is 0. The zero-order valence-corrected chi connectivity index (χ0v) is 12.6. The van der Waals surface area contributed by atoms with E-state index in [2.05, 4.69) is 15.8 Å². The van der Waals surface area contributed by atoms with Crippen LogP contribution >= 0.6 is 11.6 Å². The monoisotopic (exact) mass is 319 g/mol. The summed E-state index contributed by atoms with van der Waals surface area (Å²) in [5, 5.41) is 6.75. The predicted molar refractivity (Wildman–Crippen MR) is 83.0 cm³/mol. The van der Waals surface area contributed by atoms with E-state index < -0.39 is 5.91 Å². The Hall–Kier alpha value is -2.60. The van der Waals surface area contributed by atoms with E-state index in [1.54, 1.807) is 36.4 Å². The number of nitrogens with zero attached hydrogens (tertiary/aromatic N) is 1. The molecule has 0 bridgehead atoms. The van der Waals surface area contributed by atoms with E-state index in [1.165, 1.54) is 6.21 Å². The second-order valence-corrected chi connectivity index (χ2v) is 4.87. The highest BCUT2D eigenvalue weighted by Gasteiger charge is 2.07. The SMILES string of the molecule is Cc1ccc(C=NNC(=O)CNC(=O)c2ccc(Cl)cc2)o1. The van der Waals surface area contributed by atoms with Crippen molar-refractivity contribution in [3.05, 3.63) is 58.5 Å². The molecule has 2 N–H and O–H groups in total. The van der Waals surface area contributed by atoms with Crippen molar-refractivity contribution < 1.29 is 14.0 Å². The largest absolute Gasteiger partial charge is 0.460 e. The molecule has 22 heavy (non-hydrogen) atoms. The fourth-order valence-corrected chi connectivity index (χ4v) is 1.72. The Balaban J connectivity index is 1.76. The lowest BCUT2D eigenvalue weighted by atomic mass is 10.2. The summed E-state index contributed by atoms with van der Waals surface area (Å²) in [4.78, 5) is 23.3. The fraction of sp³-hybridized carbons (Fsp3) is 0.133. The van der Waals surface area contributed by atoms with Crippen molar-refractivity contribution in [1.29, 1.82) is 0 Å². The Morgan fingerprint density at radius 1 is 1.23 bits per heavy atom. The number of hydrogen-bond donors (Lipinski definition) is 2. The molecule has 0 spiro atoms. The number of amides is 2. The summed E-state index contributed by atoms with van der Waals surface area (Å²) in [6.45, 7) is 1.62. The fourth-order valence-electron chi connectivity index (χ4n) is 1.59. The maximum atomic E-state index is 11.8. The van der Waals surface area contributed by atoms with Crippen LogP contribution in [0, 0.1) is 6.92 Å². The number of carbonyl (C=O) groups is 2. The van der Waals surface area contributed by atoms with Gasteiger partial charge in [-0.3, -0.25) is 9.59 Å². The highest BCUT2D eigenvalue weighted by molar-refractivity contribution is 6.30. The van der Waals surface area contributed by atoms with Gasteiger partial charge in [0.25, 0.3) is 11.8 Å². The molecule has 114 valence electrons. The van der Waals surface area contributed by atoms with Crippen LogP contribution in [0.2, 0.25) is 5.02 Å². The summed E-state index contributed by atoms with van der Waals surface area (Å²) in [5.74, 6) is 0.477. The molecule has 1 aromatic heterocycles.